The number of hydrogen-bond donors (Lipinski definition) is 2. The number of ether oxygens (including phenoxy) is 1. The van der Waals surface area contributed by atoms with Gasteiger partial charge in [-0.1, -0.05) is 18.2 Å². The Kier molecular flexibility index (Phi) is 6.31. The zero-order chi connectivity index (χ0) is 24.3. The van der Waals surface area contributed by atoms with Crippen LogP contribution in [0, 0.1) is 25.2 Å². The highest BCUT2D eigenvalue weighted by atomic mass is 32.2. The van der Waals surface area contributed by atoms with Gasteiger partial charge in [0.25, 0.3) is 15.9 Å². The van der Waals surface area contributed by atoms with Crippen LogP contribution in [0.1, 0.15) is 29.5 Å². The Balaban J connectivity index is 1.32. The van der Waals surface area contributed by atoms with Crippen molar-refractivity contribution < 1.29 is 17.9 Å². The average molecular weight is 476 g/mol. The van der Waals surface area contributed by atoms with Crippen molar-refractivity contribution in [3.8, 4) is 11.8 Å². The van der Waals surface area contributed by atoms with Gasteiger partial charge in [-0.25, -0.2) is 8.42 Å². The molecule has 1 aliphatic carbocycles. The van der Waals surface area contributed by atoms with Crippen molar-refractivity contribution >= 4 is 27.3 Å². The molecule has 2 N–H and O–H groups in total. The molecule has 0 heterocycles. The summed E-state index contributed by atoms with van der Waals surface area (Å²) < 4.78 is 33.4. The molecule has 0 aliphatic heterocycles. The Labute approximate surface area is 199 Å². The zero-order valence-electron chi connectivity index (χ0n) is 19.0. The maximum atomic E-state index is 12.7. The molecular weight excluding hydrogens is 450 g/mol. The molecule has 0 radical (unpaired) electrons. The first kappa shape index (κ1) is 23.3. The van der Waals surface area contributed by atoms with Crippen LogP contribution >= 0.6 is 0 Å². The second kappa shape index (κ2) is 9.20. The molecule has 3 aromatic rings. The van der Waals surface area contributed by atoms with Gasteiger partial charge in [0.1, 0.15) is 5.75 Å². The number of sulfonamides is 1. The number of anilines is 2. The molecule has 0 unspecified atom stereocenters. The minimum absolute atomic E-state index is 0.0920. The molecule has 4 rings (SSSR count). The molecule has 0 spiro atoms. The number of benzene rings is 3. The van der Waals surface area contributed by atoms with Crippen LogP contribution in [0.2, 0.25) is 0 Å². The Morgan fingerprint density at radius 1 is 0.971 bits per heavy atom. The van der Waals surface area contributed by atoms with E-state index in [1.807, 2.05) is 32.0 Å². The summed E-state index contributed by atoms with van der Waals surface area (Å²) in [5, 5.41) is 12.0. The maximum absolute atomic E-state index is 12.7. The standard InChI is InChI=1S/C26H25N3O4S/c1-18-13-19(2)15-22(14-18)29-34(31,32)24-9-7-23(8-10-24)33-16-25(30)28-21-5-3-20(4-6-21)26(17-27)11-12-26/h3-10,13-15,29H,11-12,16H2,1-2H3,(H,28,30). The quantitative estimate of drug-likeness (QED) is 0.492. The van der Waals surface area contributed by atoms with Gasteiger partial charge in [-0.15, -0.1) is 0 Å². The summed E-state index contributed by atoms with van der Waals surface area (Å²) in [5.74, 6) is 0.0305. The lowest BCUT2D eigenvalue weighted by molar-refractivity contribution is -0.118. The summed E-state index contributed by atoms with van der Waals surface area (Å²) >= 11 is 0. The van der Waals surface area contributed by atoms with E-state index >= 15 is 0 Å². The van der Waals surface area contributed by atoms with Gasteiger partial charge in [-0.2, -0.15) is 5.26 Å². The first-order chi connectivity index (χ1) is 16.2. The molecule has 1 saturated carbocycles. The Hall–Kier alpha value is -3.83. The highest BCUT2D eigenvalue weighted by Crippen LogP contribution is 2.47. The van der Waals surface area contributed by atoms with Gasteiger partial charge in [-0.05, 0) is 91.9 Å². The number of carbonyl (C=O) groups excluding carboxylic acids is 1. The van der Waals surface area contributed by atoms with Gasteiger partial charge in [0.15, 0.2) is 6.61 Å². The van der Waals surface area contributed by atoms with E-state index < -0.39 is 10.0 Å². The molecule has 1 amide bonds. The number of hydrogen-bond acceptors (Lipinski definition) is 5. The first-order valence-electron chi connectivity index (χ1n) is 10.8. The third-order valence-electron chi connectivity index (χ3n) is 5.66. The molecule has 3 aromatic carbocycles. The fourth-order valence-corrected chi connectivity index (χ4v) is 4.81. The van der Waals surface area contributed by atoms with Gasteiger partial charge in [0.2, 0.25) is 0 Å². The van der Waals surface area contributed by atoms with Crippen LogP contribution < -0.4 is 14.8 Å². The van der Waals surface area contributed by atoms with Crippen molar-refractivity contribution in [3.05, 3.63) is 83.4 Å². The molecule has 0 aromatic heterocycles. The van der Waals surface area contributed by atoms with Gasteiger partial charge in [-0.3, -0.25) is 9.52 Å². The number of carbonyl (C=O) groups is 1. The predicted molar refractivity (Wildman–Crippen MR) is 130 cm³/mol. The lowest BCUT2D eigenvalue weighted by Crippen LogP contribution is -2.20. The summed E-state index contributed by atoms with van der Waals surface area (Å²) in [4.78, 5) is 12.3. The zero-order valence-corrected chi connectivity index (χ0v) is 19.8. The molecular formula is C26H25N3O4S. The molecule has 8 heteroatoms. The summed E-state index contributed by atoms with van der Waals surface area (Å²) in [6.45, 7) is 3.58. The van der Waals surface area contributed by atoms with Crippen LogP contribution in [-0.2, 0) is 20.2 Å². The Morgan fingerprint density at radius 3 is 2.15 bits per heavy atom. The largest absolute Gasteiger partial charge is 0.484 e. The monoisotopic (exact) mass is 475 g/mol. The fourth-order valence-electron chi connectivity index (χ4n) is 3.77. The van der Waals surface area contributed by atoms with Crippen molar-refractivity contribution in [2.75, 3.05) is 16.6 Å². The van der Waals surface area contributed by atoms with Crippen LogP contribution in [0.5, 0.6) is 5.75 Å². The van der Waals surface area contributed by atoms with Crippen LogP contribution in [0.4, 0.5) is 11.4 Å². The van der Waals surface area contributed by atoms with Gasteiger partial charge in [0.05, 0.1) is 16.4 Å². The lowest BCUT2D eigenvalue weighted by Gasteiger charge is -2.11. The second-order valence-corrected chi connectivity index (χ2v) is 10.2. The lowest BCUT2D eigenvalue weighted by atomic mass is 9.98. The molecule has 7 nitrogen and oxygen atoms in total. The van der Waals surface area contributed by atoms with E-state index in [2.05, 4.69) is 16.1 Å². The van der Waals surface area contributed by atoms with E-state index in [9.17, 15) is 18.5 Å². The second-order valence-electron chi connectivity index (χ2n) is 8.56. The molecule has 174 valence electrons. The SMILES string of the molecule is Cc1cc(C)cc(NS(=O)(=O)c2ccc(OCC(=O)Nc3ccc(C4(C#N)CC4)cc3)cc2)c1. The Bertz CT molecular complexity index is 1330. The normalized spacial score (nSPS) is 14.0. The van der Waals surface area contributed by atoms with Crippen LogP contribution in [0.15, 0.2) is 71.6 Å². The van der Waals surface area contributed by atoms with Crippen molar-refractivity contribution in [2.24, 2.45) is 0 Å². The maximum Gasteiger partial charge on any atom is 0.262 e. The number of rotatable bonds is 8. The molecule has 1 aliphatic rings. The van der Waals surface area contributed by atoms with Gasteiger partial charge in [0, 0.05) is 11.4 Å². The van der Waals surface area contributed by atoms with E-state index in [1.54, 1.807) is 24.3 Å². The van der Waals surface area contributed by atoms with Crippen molar-refractivity contribution in [2.45, 2.75) is 37.0 Å². The number of nitriles is 1. The molecule has 0 saturated heterocycles. The van der Waals surface area contributed by atoms with Crippen LogP contribution in [0.25, 0.3) is 0 Å². The van der Waals surface area contributed by atoms with E-state index in [0.717, 1.165) is 29.5 Å². The first-order valence-corrected chi connectivity index (χ1v) is 12.3. The smallest absolute Gasteiger partial charge is 0.262 e. The van der Waals surface area contributed by atoms with E-state index in [-0.39, 0.29) is 22.8 Å². The third kappa shape index (κ3) is 5.38. The van der Waals surface area contributed by atoms with Gasteiger partial charge >= 0.3 is 0 Å². The summed E-state index contributed by atoms with van der Waals surface area (Å²) in [5.41, 5.74) is 3.65. The predicted octanol–water partition coefficient (Wildman–Crippen LogP) is 4.68. The molecule has 1 fully saturated rings. The van der Waals surface area contributed by atoms with Crippen molar-refractivity contribution in [1.29, 1.82) is 5.26 Å². The molecule has 0 bridgehead atoms. The highest BCUT2D eigenvalue weighted by molar-refractivity contribution is 7.92. The van der Waals surface area contributed by atoms with Gasteiger partial charge < -0.3 is 10.1 Å². The third-order valence-corrected chi connectivity index (χ3v) is 7.06. The number of aryl methyl sites for hydroxylation is 2. The number of amides is 1. The molecule has 34 heavy (non-hydrogen) atoms. The van der Waals surface area contributed by atoms with E-state index in [0.29, 0.717) is 17.1 Å². The van der Waals surface area contributed by atoms with E-state index in [1.165, 1.54) is 24.3 Å². The topological polar surface area (TPSA) is 108 Å². The summed E-state index contributed by atoms with van der Waals surface area (Å²) in [6.07, 6.45) is 1.73. The van der Waals surface area contributed by atoms with Crippen LogP contribution in [0.3, 0.4) is 0 Å². The fraction of sp³-hybridized carbons (Fsp3) is 0.231. The highest BCUT2D eigenvalue weighted by Gasteiger charge is 2.44. The van der Waals surface area contributed by atoms with Crippen molar-refractivity contribution in [3.63, 3.8) is 0 Å². The minimum atomic E-state index is -3.75. The number of nitrogens with zero attached hydrogens (tertiary/aromatic N) is 1. The summed E-state index contributed by atoms with van der Waals surface area (Å²) in [6, 6.07) is 21.0. The summed E-state index contributed by atoms with van der Waals surface area (Å²) in [7, 11) is -3.75. The number of nitrogens with one attached hydrogen (secondary N) is 2. The van der Waals surface area contributed by atoms with Crippen molar-refractivity contribution in [1.82, 2.24) is 0 Å². The Morgan fingerprint density at radius 2 is 1.59 bits per heavy atom. The van der Waals surface area contributed by atoms with Crippen LogP contribution in [-0.4, -0.2) is 20.9 Å². The average Bonchev–Trinajstić information content (AvgIpc) is 3.59. The molecule has 0 atom stereocenters. The van der Waals surface area contributed by atoms with E-state index in [4.69, 9.17) is 4.74 Å². The minimum Gasteiger partial charge on any atom is -0.484 e.